The summed E-state index contributed by atoms with van der Waals surface area (Å²) < 4.78 is 5.19. The van der Waals surface area contributed by atoms with E-state index in [2.05, 4.69) is 0 Å². The number of ether oxygens (including phenoxy) is 1. The van der Waals surface area contributed by atoms with Crippen LogP contribution in [0.4, 0.5) is 5.69 Å². The maximum atomic E-state index is 11.9. The Morgan fingerprint density at radius 2 is 2.14 bits per heavy atom. The first-order chi connectivity index (χ1) is 9.99. The number of hydrogen-bond acceptors (Lipinski definition) is 5. The molecule has 1 aliphatic heterocycles. The van der Waals surface area contributed by atoms with Gasteiger partial charge < -0.3 is 14.7 Å². The average Bonchev–Trinajstić information content (AvgIpc) is 2.95. The van der Waals surface area contributed by atoms with E-state index in [1.54, 1.807) is 6.07 Å². The van der Waals surface area contributed by atoms with Crippen molar-refractivity contribution in [2.45, 2.75) is 6.42 Å². The highest BCUT2D eigenvalue weighted by Gasteiger charge is 2.31. The summed E-state index contributed by atoms with van der Waals surface area (Å²) in [7, 11) is 0. The molecule has 1 aliphatic rings. The number of benzene rings is 1. The lowest BCUT2D eigenvalue weighted by Gasteiger charge is -2.16. The standard InChI is InChI=1S/C13H14N2O6/c16-12(14-6-5-9(7-14)13(17)18)8-21-11-4-2-1-3-10(11)15(19)20/h1-4,9H,5-8H2,(H,17,18). The number of carbonyl (C=O) groups is 2. The number of carboxylic acid groups (broad SMARTS) is 1. The Morgan fingerprint density at radius 3 is 2.76 bits per heavy atom. The highest BCUT2D eigenvalue weighted by Crippen LogP contribution is 2.26. The van der Waals surface area contributed by atoms with Gasteiger partial charge in [-0.15, -0.1) is 0 Å². The first kappa shape index (κ1) is 14.8. The van der Waals surface area contributed by atoms with E-state index in [0.717, 1.165) is 0 Å². The van der Waals surface area contributed by atoms with Gasteiger partial charge in [-0.3, -0.25) is 19.7 Å². The molecule has 1 atom stereocenters. The van der Waals surface area contributed by atoms with Crippen LogP contribution in [-0.2, 0) is 9.59 Å². The zero-order chi connectivity index (χ0) is 15.4. The molecule has 112 valence electrons. The van der Waals surface area contributed by atoms with Crippen molar-refractivity contribution >= 4 is 17.6 Å². The molecule has 21 heavy (non-hydrogen) atoms. The predicted molar refractivity (Wildman–Crippen MR) is 70.9 cm³/mol. The number of hydrogen-bond donors (Lipinski definition) is 1. The molecule has 1 unspecified atom stereocenters. The lowest BCUT2D eigenvalue weighted by atomic mass is 10.1. The van der Waals surface area contributed by atoms with Crippen LogP contribution >= 0.6 is 0 Å². The number of nitro benzene ring substituents is 1. The van der Waals surface area contributed by atoms with Gasteiger partial charge in [0.15, 0.2) is 12.4 Å². The van der Waals surface area contributed by atoms with E-state index in [1.165, 1.54) is 23.1 Å². The SMILES string of the molecule is O=C(O)C1CCN(C(=O)COc2ccccc2[N+](=O)[O-])C1. The van der Waals surface area contributed by atoms with Gasteiger partial charge in [0.1, 0.15) is 0 Å². The Hall–Kier alpha value is -2.64. The molecule has 8 nitrogen and oxygen atoms in total. The largest absolute Gasteiger partial charge is 0.481 e. The first-order valence-corrected chi connectivity index (χ1v) is 6.36. The minimum Gasteiger partial charge on any atom is -0.481 e. The Kier molecular flexibility index (Phi) is 4.36. The van der Waals surface area contributed by atoms with Gasteiger partial charge in [-0.2, -0.15) is 0 Å². The molecule has 2 rings (SSSR count). The summed E-state index contributed by atoms with van der Waals surface area (Å²) in [6.07, 6.45) is 0.409. The van der Waals surface area contributed by atoms with Crippen LogP contribution in [0, 0.1) is 16.0 Å². The Bertz CT molecular complexity index is 574. The number of carboxylic acids is 1. The van der Waals surface area contributed by atoms with Crippen molar-refractivity contribution in [1.29, 1.82) is 0 Å². The van der Waals surface area contributed by atoms with E-state index >= 15 is 0 Å². The van der Waals surface area contributed by atoms with Crippen molar-refractivity contribution in [3.8, 4) is 5.75 Å². The van der Waals surface area contributed by atoms with E-state index in [-0.39, 0.29) is 30.5 Å². The number of amides is 1. The maximum Gasteiger partial charge on any atom is 0.310 e. The number of rotatable bonds is 5. The number of aliphatic carboxylic acids is 1. The molecule has 0 aromatic heterocycles. The topological polar surface area (TPSA) is 110 Å². The van der Waals surface area contributed by atoms with Crippen molar-refractivity contribution in [3.63, 3.8) is 0 Å². The number of carbonyl (C=O) groups excluding carboxylic acids is 1. The molecule has 8 heteroatoms. The normalized spacial score (nSPS) is 17.5. The predicted octanol–water partition coefficient (Wildman–Crippen LogP) is 0.907. The Balaban J connectivity index is 1.93. The molecule has 1 aromatic rings. The fraction of sp³-hybridized carbons (Fsp3) is 0.385. The zero-order valence-electron chi connectivity index (χ0n) is 11.1. The molecule has 1 N–H and O–H groups in total. The van der Waals surface area contributed by atoms with E-state index < -0.39 is 16.8 Å². The lowest BCUT2D eigenvalue weighted by molar-refractivity contribution is -0.385. The van der Waals surface area contributed by atoms with Crippen molar-refractivity contribution in [3.05, 3.63) is 34.4 Å². The fourth-order valence-corrected chi connectivity index (χ4v) is 2.15. The smallest absolute Gasteiger partial charge is 0.310 e. The fourth-order valence-electron chi connectivity index (χ4n) is 2.15. The van der Waals surface area contributed by atoms with Crippen molar-refractivity contribution in [1.82, 2.24) is 4.90 Å². The van der Waals surface area contributed by atoms with Gasteiger partial charge in [0.2, 0.25) is 0 Å². The van der Waals surface area contributed by atoms with Crippen LogP contribution in [0.15, 0.2) is 24.3 Å². The highest BCUT2D eigenvalue weighted by molar-refractivity contribution is 5.80. The van der Waals surface area contributed by atoms with E-state index in [1.807, 2.05) is 0 Å². The van der Waals surface area contributed by atoms with Gasteiger partial charge in [-0.25, -0.2) is 0 Å². The van der Waals surface area contributed by atoms with Gasteiger partial charge >= 0.3 is 11.7 Å². The maximum absolute atomic E-state index is 11.9. The van der Waals surface area contributed by atoms with Crippen LogP contribution in [0.2, 0.25) is 0 Å². The molecule has 1 amide bonds. The second-order valence-corrected chi connectivity index (χ2v) is 4.68. The van der Waals surface area contributed by atoms with Crippen LogP contribution < -0.4 is 4.74 Å². The second kappa shape index (κ2) is 6.21. The zero-order valence-corrected chi connectivity index (χ0v) is 11.1. The van der Waals surface area contributed by atoms with Gasteiger partial charge in [0, 0.05) is 19.2 Å². The van der Waals surface area contributed by atoms with E-state index in [4.69, 9.17) is 9.84 Å². The minimum absolute atomic E-state index is 0.0184. The summed E-state index contributed by atoms with van der Waals surface area (Å²) in [6.45, 7) is 0.154. The quantitative estimate of drug-likeness (QED) is 0.638. The molecule has 0 bridgehead atoms. The summed E-state index contributed by atoms with van der Waals surface area (Å²) in [6, 6.07) is 5.78. The van der Waals surface area contributed by atoms with Gasteiger partial charge in [0.05, 0.1) is 10.8 Å². The molecule has 1 heterocycles. The molecule has 1 aromatic carbocycles. The molecule has 1 saturated heterocycles. The van der Waals surface area contributed by atoms with Gasteiger partial charge in [-0.05, 0) is 12.5 Å². The third-order valence-corrected chi connectivity index (χ3v) is 3.30. The summed E-state index contributed by atoms with van der Waals surface area (Å²) in [5.74, 6) is -1.84. The third-order valence-electron chi connectivity index (χ3n) is 3.30. The van der Waals surface area contributed by atoms with Gasteiger partial charge in [-0.1, -0.05) is 12.1 Å². The van der Waals surface area contributed by atoms with Crippen molar-refractivity contribution in [2.75, 3.05) is 19.7 Å². The molecule has 0 spiro atoms. The average molecular weight is 294 g/mol. The summed E-state index contributed by atoms with van der Waals surface area (Å²) >= 11 is 0. The van der Waals surface area contributed by atoms with E-state index in [9.17, 15) is 19.7 Å². The van der Waals surface area contributed by atoms with Crippen LogP contribution in [0.3, 0.4) is 0 Å². The van der Waals surface area contributed by atoms with Crippen LogP contribution in [0.25, 0.3) is 0 Å². The van der Waals surface area contributed by atoms with Crippen molar-refractivity contribution in [2.24, 2.45) is 5.92 Å². The minimum atomic E-state index is -0.926. The summed E-state index contributed by atoms with van der Waals surface area (Å²) in [5, 5.41) is 19.7. The van der Waals surface area contributed by atoms with Crippen LogP contribution in [-0.4, -0.2) is 46.5 Å². The number of nitrogens with zero attached hydrogens (tertiary/aromatic N) is 2. The molecule has 0 radical (unpaired) electrons. The number of nitro groups is 1. The second-order valence-electron chi connectivity index (χ2n) is 4.68. The lowest BCUT2D eigenvalue weighted by Crippen LogP contribution is -2.33. The molecule has 0 aliphatic carbocycles. The molecular formula is C13H14N2O6. The van der Waals surface area contributed by atoms with Crippen LogP contribution in [0.5, 0.6) is 5.75 Å². The first-order valence-electron chi connectivity index (χ1n) is 6.36. The van der Waals surface area contributed by atoms with Crippen LogP contribution in [0.1, 0.15) is 6.42 Å². The number of para-hydroxylation sites is 2. The third kappa shape index (κ3) is 3.47. The monoisotopic (exact) mass is 294 g/mol. The number of likely N-dealkylation sites (tertiary alicyclic amines) is 1. The molecule has 0 saturated carbocycles. The molecule has 1 fully saturated rings. The summed E-state index contributed by atoms with van der Waals surface area (Å²) in [4.78, 5) is 34.3. The van der Waals surface area contributed by atoms with E-state index in [0.29, 0.717) is 13.0 Å². The summed E-state index contributed by atoms with van der Waals surface area (Å²) in [5.41, 5.74) is -0.213. The highest BCUT2D eigenvalue weighted by atomic mass is 16.6. The van der Waals surface area contributed by atoms with Gasteiger partial charge in [0.25, 0.3) is 5.91 Å². The van der Waals surface area contributed by atoms with Crippen molar-refractivity contribution < 1.29 is 24.4 Å². The Labute approximate surface area is 120 Å². The Morgan fingerprint density at radius 1 is 1.43 bits per heavy atom. The molecular weight excluding hydrogens is 280 g/mol.